The van der Waals surface area contributed by atoms with Crippen molar-refractivity contribution in [3.05, 3.63) is 41.6 Å². The molecule has 1 aromatic heterocycles. The summed E-state index contributed by atoms with van der Waals surface area (Å²) in [4.78, 5) is 13.6. The lowest BCUT2D eigenvalue weighted by molar-refractivity contribution is 0.270. The molecule has 0 saturated carbocycles. The summed E-state index contributed by atoms with van der Waals surface area (Å²) in [7, 11) is 0. The summed E-state index contributed by atoms with van der Waals surface area (Å²) in [6.45, 7) is 8.82. The monoisotopic (exact) mass is 333 g/mol. The van der Waals surface area contributed by atoms with Crippen LogP contribution in [0.5, 0.6) is 0 Å². The summed E-state index contributed by atoms with van der Waals surface area (Å²) >= 11 is 0. The lowest BCUT2D eigenvalue weighted by Gasteiger charge is -2.34. The van der Waals surface area contributed by atoms with Gasteiger partial charge in [0.1, 0.15) is 5.82 Å². The molecule has 0 bridgehead atoms. The van der Waals surface area contributed by atoms with Crippen LogP contribution in [-0.2, 0) is 0 Å². The van der Waals surface area contributed by atoms with Gasteiger partial charge in [-0.2, -0.15) is 4.98 Å². The zero-order valence-electron chi connectivity index (χ0n) is 13.9. The molecule has 0 spiro atoms. The van der Waals surface area contributed by atoms with Gasteiger partial charge in [0.25, 0.3) is 0 Å². The molecule has 3 rings (SSSR count). The number of aromatic nitrogens is 2. The summed E-state index contributed by atoms with van der Waals surface area (Å²) in [5.74, 6) is -0.521. The van der Waals surface area contributed by atoms with Gasteiger partial charge in [0, 0.05) is 49.7 Å². The number of hydrogen-bond acceptors (Lipinski definition) is 5. The second-order valence-corrected chi connectivity index (χ2v) is 5.87. The van der Waals surface area contributed by atoms with Crippen molar-refractivity contribution in [3.8, 4) is 0 Å². The molecule has 1 fully saturated rings. The molecule has 128 valence electrons. The van der Waals surface area contributed by atoms with Crippen LogP contribution >= 0.6 is 0 Å². The maximum atomic E-state index is 13.3. The Kier molecular flexibility index (Phi) is 4.89. The summed E-state index contributed by atoms with van der Waals surface area (Å²) in [6.07, 6.45) is 0. The number of aryl methyl sites for hydroxylation is 1. The molecule has 5 nitrogen and oxygen atoms in total. The Morgan fingerprint density at radius 3 is 2.46 bits per heavy atom. The van der Waals surface area contributed by atoms with E-state index in [4.69, 9.17) is 0 Å². The highest BCUT2D eigenvalue weighted by Crippen LogP contribution is 2.21. The molecule has 2 aromatic rings. The van der Waals surface area contributed by atoms with Gasteiger partial charge in [-0.3, -0.25) is 0 Å². The van der Waals surface area contributed by atoms with Gasteiger partial charge in [-0.05, 0) is 25.6 Å². The third kappa shape index (κ3) is 3.79. The highest BCUT2D eigenvalue weighted by molar-refractivity contribution is 5.57. The standard InChI is InChI=1S/C17H21F2N5/c1-3-23-6-8-24(9-7-23)17-20-12(2)10-16(22-17)21-13-4-5-14(18)15(19)11-13/h4-5,10-11H,3,6-9H2,1-2H3,(H,20,21,22). The summed E-state index contributed by atoms with van der Waals surface area (Å²) in [5, 5.41) is 3.02. The van der Waals surface area contributed by atoms with Crippen molar-refractivity contribution in [3.63, 3.8) is 0 Å². The van der Waals surface area contributed by atoms with Crippen molar-refractivity contribution >= 4 is 17.5 Å². The Morgan fingerprint density at radius 2 is 1.79 bits per heavy atom. The van der Waals surface area contributed by atoms with Crippen molar-refractivity contribution in [1.29, 1.82) is 0 Å². The van der Waals surface area contributed by atoms with E-state index >= 15 is 0 Å². The molecule has 0 aliphatic carbocycles. The van der Waals surface area contributed by atoms with Crippen LogP contribution in [0.25, 0.3) is 0 Å². The van der Waals surface area contributed by atoms with Crippen LogP contribution in [0.15, 0.2) is 24.3 Å². The van der Waals surface area contributed by atoms with E-state index in [1.165, 1.54) is 6.07 Å². The average Bonchev–Trinajstić information content (AvgIpc) is 2.58. The third-order valence-corrected chi connectivity index (χ3v) is 4.14. The molecule has 1 N–H and O–H groups in total. The van der Waals surface area contributed by atoms with E-state index in [9.17, 15) is 8.78 Å². The minimum absolute atomic E-state index is 0.453. The number of halogens is 2. The van der Waals surface area contributed by atoms with E-state index in [1.54, 1.807) is 6.07 Å². The van der Waals surface area contributed by atoms with Crippen LogP contribution in [0.4, 0.5) is 26.2 Å². The number of likely N-dealkylation sites (N-methyl/N-ethyl adjacent to an activating group) is 1. The minimum Gasteiger partial charge on any atom is -0.340 e. The summed E-state index contributed by atoms with van der Waals surface area (Å²) in [6, 6.07) is 5.48. The first-order valence-electron chi connectivity index (χ1n) is 8.10. The van der Waals surface area contributed by atoms with Crippen molar-refractivity contribution in [1.82, 2.24) is 14.9 Å². The fourth-order valence-corrected chi connectivity index (χ4v) is 2.74. The Morgan fingerprint density at radius 1 is 1.04 bits per heavy atom. The van der Waals surface area contributed by atoms with E-state index < -0.39 is 11.6 Å². The number of benzene rings is 1. The Balaban J connectivity index is 1.77. The zero-order chi connectivity index (χ0) is 17.1. The minimum atomic E-state index is -0.887. The molecule has 0 radical (unpaired) electrons. The van der Waals surface area contributed by atoms with Crippen LogP contribution < -0.4 is 10.2 Å². The molecular formula is C17H21F2N5. The first-order valence-corrected chi connectivity index (χ1v) is 8.10. The number of nitrogens with one attached hydrogen (secondary N) is 1. The van der Waals surface area contributed by atoms with Gasteiger partial charge >= 0.3 is 0 Å². The number of piperazine rings is 1. The Hall–Kier alpha value is -2.28. The maximum absolute atomic E-state index is 13.3. The van der Waals surface area contributed by atoms with Crippen molar-refractivity contribution in [2.24, 2.45) is 0 Å². The van der Waals surface area contributed by atoms with Gasteiger partial charge in [0.15, 0.2) is 11.6 Å². The SMILES string of the molecule is CCN1CCN(c2nc(C)cc(Nc3ccc(F)c(F)c3)n2)CC1. The smallest absolute Gasteiger partial charge is 0.227 e. The molecule has 7 heteroatoms. The van der Waals surface area contributed by atoms with Gasteiger partial charge in [-0.25, -0.2) is 13.8 Å². The molecule has 1 aliphatic rings. The van der Waals surface area contributed by atoms with E-state index in [2.05, 4.69) is 32.0 Å². The fourth-order valence-electron chi connectivity index (χ4n) is 2.74. The van der Waals surface area contributed by atoms with Gasteiger partial charge in [0.05, 0.1) is 0 Å². The molecule has 2 heterocycles. The molecule has 1 saturated heterocycles. The molecule has 0 atom stereocenters. The summed E-state index contributed by atoms with van der Waals surface area (Å²) in [5.41, 5.74) is 1.27. The van der Waals surface area contributed by atoms with Crippen molar-refractivity contribution in [2.75, 3.05) is 42.9 Å². The maximum Gasteiger partial charge on any atom is 0.227 e. The van der Waals surface area contributed by atoms with Crippen LogP contribution in [0.3, 0.4) is 0 Å². The molecule has 1 aromatic carbocycles. The number of nitrogens with zero attached hydrogens (tertiary/aromatic N) is 4. The van der Waals surface area contributed by atoms with Crippen LogP contribution in [-0.4, -0.2) is 47.6 Å². The molecule has 24 heavy (non-hydrogen) atoms. The lowest BCUT2D eigenvalue weighted by atomic mass is 10.3. The largest absolute Gasteiger partial charge is 0.340 e. The predicted molar refractivity (Wildman–Crippen MR) is 90.7 cm³/mol. The Bertz CT molecular complexity index is 714. The van der Waals surface area contributed by atoms with E-state index in [0.717, 1.165) is 50.6 Å². The van der Waals surface area contributed by atoms with E-state index in [1.807, 2.05) is 6.92 Å². The molecule has 1 aliphatic heterocycles. The first kappa shape index (κ1) is 16.6. The second-order valence-electron chi connectivity index (χ2n) is 5.87. The zero-order valence-corrected chi connectivity index (χ0v) is 13.9. The van der Waals surface area contributed by atoms with Crippen LogP contribution in [0, 0.1) is 18.6 Å². The lowest BCUT2D eigenvalue weighted by Crippen LogP contribution is -2.46. The number of hydrogen-bond donors (Lipinski definition) is 1. The number of anilines is 3. The van der Waals surface area contributed by atoms with Crippen LogP contribution in [0.1, 0.15) is 12.6 Å². The Labute approximate surface area is 140 Å². The van der Waals surface area contributed by atoms with Gasteiger partial charge < -0.3 is 15.1 Å². The first-order chi connectivity index (χ1) is 11.5. The predicted octanol–water partition coefficient (Wildman–Crippen LogP) is 2.95. The van der Waals surface area contributed by atoms with E-state index in [0.29, 0.717) is 17.5 Å². The normalized spacial score (nSPS) is 15.6. The van der Waals surface area contributed by atoms with Gasteiger partial charge in [-0.15, -0.1) is 0 Å². The topological polar surface area (TPSA) is 44.3 Å². The molecule has 0 unspecified atom stereocenters. The quantitative estimate of drug-likeness (QED) is 0.932. The summed E-state index contributed by atoms with van der Waals surface area (Å²) < 4.78 is 26.4. The van der Waals surface area contributed by atoms with Crippen molar-refractivity contribution < 1.29 is 8.78 Å². The average molecular weight is 333 g/mol. The van der Waals surface area contributed by atoms with E-state index in [-0.39, 0.29) is 0 Å². The van der Waals surface area contributed by atoms with Gasteiger partial charge in [0.2, 0.25) is 5.95 Å². The second kappa shape index (κ2) is 7.09. The fraction of sp³-hybridized carbons (Fsp3) is 0.412. The highest BCUT2D eigenvalue weighted by atomic mass is 19.2. The highest BCUT2D eigenvalue weighted by Gasteiger charge is 2.18. The molecule has 0 amide bonds. The van der Waals surface area contributed by atoms with Crippen LogP contribution in [0.2, 0.25) is 0 Å². The third-order valence-electron chi connectivity index (χ3n) is 4.14. The molecular weight excluding hydrogens is 312 g/mol. The van der Waals surface area contributed by atoms with Crippen molar-refractivity contribution in [2.45, 2.75) is 13.8 Å². The van der Waals surface area contributed by atoms with Gasteiger partial charge in [-0.1, -0.05) is 6.92 Å². The number of rotatable bonds is 4.